The lowest BCUT2D eigenvalue weighted by molar-refractivity contribution is 0.0957. The Morgan fingerprint density at radius 1 is 1.30 bits per heavy atom. The van der Waals surface area contributed by atoms with Crippen molar-refractivity contribution in [2.24, 2.45) is 5.84 Å². The molecule has 0 bridgehead atoms. The van der Waals surface area contributed by atoms with Gasteiger partial charge in [0.1, 0.15) is 0 Å². The fraction of sp³-hybridized carbons (Fsp3) is 0.267. The normalized spacial score (nSPS) is 10.3. The number of aryl methyl sites for hydroxylation is 1. The number of amides is 1. The fourth-order valence-corrected chi connectivity index (χ4v) is 2.88. The van der Waals surface area contributed by atoms with Crippen LogP contribution in [0.1, 0.15) is 27.7 Å². The van der Waals surface area contributed by atoms with E-state index in [1.165, 1.54) is 16.9 Å². The number of rotatable bonds is 5. The molecule has 0 saturated carbocycles. The Morgan fingerprint density at radius 3 is 2.60 bits per heavy atom. The van der Waals surface area contributed by atoms with Gasteiger partial charge in [0.15, 0.2) is 0 Å². The summed E-state index contributed by atoms with van der Waals surface area (Å²) < 4.78 is 0. The van der Waals surface area contributed by atoms with Gasteiger partial charge in [0.05, 0.1) is 4.88 Å². The average Bonchev–Trinajstić information content (AvgIpc) is 2.94. The summed E-state index contributed by atoms with van der Waals surface area (Å²) in [5.74, 6) is 4.97. The van der Waals surface area contributed by atoms with Crippen molar-refractivity contribution >= 4 is 22.9 Å². The minimum absolute atomic E-state index is 0.232. The molecule has 5 heteroatoms. The Kier molecular flexibility index (Phi) is 4.76. The van der Waals surface area contributed by atoms with E-state index in [9.17, 15) is 4.79 Å². The third-order valence-electron chi connectivity index (χ3n) is 3.28. The number of hydrazine groups is 1. The lowest BCUT2D eigenvalue weighted by atomic mass is 10.1. The molecular weight excluding hydrogens is 270 g/mol. The maximum absolute atomic E-state index is 11.7. The lowest BCUT2D eigenvalue weighted by Gasteiger charge is -2.19. The molecule has 20 heavy (non-hydrogen) atoms. The van der Waals surface area contributed by atoms with Crippen LogP contribution < -0.4 is 16.2 Å². The van der Waals surface area contributed by atoms with Gasteiger partial charge in [0.2, 0.25) is 0 Å². The predicted octanol–water partition coefficient (Wildman–Crippen LogP) is 2.55. The summed E-state index contributed by atoms with van der Waals surface area (Å²) in [6, 6.07) is 10.4. The summed E-state index contributed by atoms with van der Waals surface area (Å²) in [6.07, 6.45) is 1.04. The molecule has 2 aromatic rings. The van der Waals surface area contributed by atoms with Crippen molar-refractivity contribution in [2.45, 2.75) is 19.9 Å². The van der Waals surface area contributed by atoms with Crippen LogP contribution in [0.5, 0.6) is 0 Å². The van der Waals surface area contributed by atoms with Crippen molar-refractivity contribution < 1.29 is 4.79 Å². The second-order valence-corrected chi connectivity index (χ2v) is 5.54. The molecule has 2 rings (SSSR count). The number of anilines is 1. The van der Waals surface area contributed by atoms with Gasteiger partial charge in [-0.1, -0.05) is 19.1 Å². The van der Waals surface area contributed by atoms with Crippen LogP contribution in [0.2, 0.25) is 0 Å². The first-order valence-corrected chi connectivity index (χ1v) is 7.41. The highest BCUT2D eigenvalue weighted by Crippen LogP contribution is 2.21. The molecule has 0 spiro atoms. The Hall–Kier alpha value is -1.85. The zero-order chi connectivity index (χ0) is 14.5. The van der Waals surface area contributed by atoms with Crippen molar-refractivity contribution in [3.05, 3.63) is 51.7 Å². The third-order valence-corrected chi connectivity index (χ3v) is 4.23. The van der Waals surface area contributed by atoms with E-state index >= 15 is 0 Å². The van der Waals surface area contributed by atoms with Crippen molar-refractivity contribution in [1.29, 1.82) is 0 Å². The van der Waals surface area contributed by atoms with Crippen LogP contribution in [0, 0.1) is 0 Å². The smallest absolute Gasteiger partial charge is 0.275 e. The van der Waals surface area contributed by atoms with Gasteiger partial charge in [-0.2, -0.15) is 0 Å². The van der Waals surface area contributed by atoms with Crippen molar-refractivity contribution in [1.82, 2.24) is 5.43 Å². The SMILES string of the molecule is CCc1ccc(N(C)Cc2ccsc2C(=O)NN)cc1. The molecule has 1 aromatic carbocycles. The molecule has 0 atom stereocenters. The van der Waals surface area contributed by atoms with Crippen molar-refractivity contribution in [3.63, 3.8) is 0 Å². The second-order valence-electron chi connectivity index (χ2n) is 4.62. The summed E-state index contributed by atoms with van der Waals surface area (Å²) in [4.78, 5) is 14.4. The van der Waals surface area contributed by atoms with Gasteiger partial charge < -0.3 is 4.90 Å². The summed E-state index contributed by atoms with van der Waals surface area (Å²) in [6.45, 7) is 2.82. The number of nitrogens with zero attached hydrogens (tertiary/aromatic N) is 1. The maximum atomic E-state index is 11.7. The number of thiophene rings is 1. The summed E-state index contributed by atoms with van der Waals surface area (Å²) in [7, 11) is 2.02. The predicted molar refractivity (Wildman–Crippen MR) is 83.9 cm³/mol. The van der Waals surface area contributed by atoms with Crippen molar-refractivity contribution in [2.75, 3.05) is 11.9 Å². The molecule has 0 saturated heterocycles. The van der Waals surface area contributed by atoms with E-state index in [1.807, 2.05) is 18.5 Å². The number of benzene rings is 1. The van der Waals surface area contributed by atoms with Crippen LogP contribution in [0.3, 0.4) is 0 Å². The Morgan fingerprint density at radius 2 is 2.00 bits per heavy atom. The van der Waals surface area contributed by atoms with E-state index in [0.717, 1.165) is 17.7 Å². The van der Waals surface area contributed by atoms with Gasteiger partial charge in [-0.15, -0.1) is 11.3 Å². The largest absolute Gasteiger partial charge is 0.370 e. The molecular formula is C15H19N3OS. The summed E-state index contributed by atoms with van der Waals surface area (Å²) >= 11 is 1.41. The zero-order valence-electron chi connectivity index (χ0n) is 11.7. The number of hydrogen-bond donors (Lipinski definition) is 2. The monoisotopic (exact) mass is 289 g/mol. The molecule has 1 amide bonds. The van der Waals surface area contributed by atoms with Crippen LogP contribution in [-0.2, 0) is 13.0 Å². The van der Waals surface area contributed by atoms with Gasteiger partial charge in [0, 0.05) is 19.3 Å². The van der Waals surface area contributed by atoms with Crippen LogP contribution in [-0.4, -0.2) is 13.0 Å². The van der Waals surface area contributed by atoms with E-state index in [-0.39, 0.29) is 5.91 Å². The Bertz CT molecular complexity index is 577. The molecule has 0 aliphatic rings. The van der Waals surface area contributed by atoms with Crippen molar-refractivity contribution in [3.8, 4) is 0 Å². The first kappa shape index (κ1) is 14.6. The fourth-order valence-electron chi connectivity index (χ4n) is 2.06. The molecule has 0 aliphatic carbocycles. The van der Waals surface area contributed by atoms with Gasteiger partial charge in [-0.25, -0.2) is 5.84 Å². The number of carbonyl (C=O) groups is 1. The summed E-state index contributed by atoms with van der Waals surface area (Å²) in [5, 5.41) is 1.91. The molecule has 3 N–H and O–H groups in total. The quantitative estimate of drug-likeness (QED) is 0.505. The van der Waals surface area contributed by atoms with E-state index in [4.69, 9.17) is 5.84 Å². The third kappa shape index (κ3) is 3.18. The number of nitrogens with one attached hydrogen (secondary N) is 1. The van der Waals surface area contributed by atoms with Crippen LogP contribution in [0.4, 0.5) is 5.69 Å². The zero-order valence-corrected chi connectivity index (χ0v) is 12.5. The van der Waals surface area contributed by atoms with Crippen LogP contribution >= 0.6 is 11.3 Å². The molecule has 0 radical (unpaired) electrons. The molecule has 0 aliphatic heterocycles. The maximum Gasteiger partial charge on any atom is 0.275 e. The topological polar surface area (TPSA) is 58.4 Å². The number of hydrogen-bond acceptors (Lipinski definition) is 4. The molecule has 106 valence electrons. The molecule has 1 heterocycles. The number of nitrogens with two attached hydrogens (primary N) is 1. The number of nitrogen functional groups attached to an aromatic ring is 1. The average molecular weight is 289 g/mol. The highest BCUT2D eigenvalue weighted by molar-refractivity contribution is 7.12. The molecule has 0 unspecified atom stereocenters. The number of carbonyl (C=O) groups excluding carboxylic acids is 1. The highest BCUT2D eigenvalue weighted by Gasteiger charge is 2.13. The van der Waals surface area contributed by atoms with Gasteiger partial charge in [0.25, 0.3) is 5.91 Å². The minimum Gasteiger partial charge on any atom is -0.370 e. The van der Waals surface area contributed by atoms with Gasteiger partial charge >= 0.3 is 0 Å². The van der Waals surface area contributed by atoms with Gasteiger partial charge in [-0.3, -0.25) is 10.2 Å². The first-order chi connectivity index (χ1) is 9.65. The van der Waals surface area contributed by atoms with Crippen LogP contribution in [0.25, 0.3) is 0 Å². The van der Waals surface area contributed by atoms with E-state index < -0.39 is 0 Å². The molecule has 0 fully saturated rings. The molecule has 1 aromatic heterocycles. The Balaban J connectivity index is 2.12. The van der Waals surface area contributed by atoms with Crippen LogP contribution in [0.15, 0.2) is 35.7 Å². The lowest BCUT2D eigenvalue weighted by Crippen LogP contribution is -2.30. The summed E-state index contributed by atoms with van der Waals surface area (Å²) in [5.41, 5.74) is 5.63. The van der Waals surface area contributed by atoms with E-state index in [2.05, 4.69) is 41.5 Å². The Labute approximate surface area is 123 Å². The standard InChI is InChI=1S/C15H19N3OS/c1-3-11-4-6-13(7-5-11)18(2)10-12-8-9-20-14(12)15(19)17-16/h4-9H,3,10,16H2,1-2H3,(H,17,19). The second kappa shape index (κ2) is 6.54. The van der Waals surface area contributed by atoms with E-state index in [0.29, 0.717) is 11.4 Å². The molecule has 4 nitrogen and oxygen atoms in total. The van der Waals surface area contributed by atoms with E-state index in [1.54, 1.807) is 0 Å². The minimum atomic E-state index is -0.232. The van der Waals surface area contributed by atoms with Gasteiger partial charge in [-0.05, 0) is 41.1 Å². The first-order valence-electron chi connectivity index (χ1n) is 6.53. The highest BCUT2D eigenvalue weighted by atomic mass is 32.1.